The fourth-order valence-corrected chi connectivity index (χ4v) is 5.38. The minimum Gasteiger partial charge on any atom is -0.487 e. The Bertz CT molecular complexity index is 828. The number of rotatable bonds is 4. The van der Waals surface area contributed by atoms with Gasteiger partial charge in [0.05, 0.1) is 0 Å². The van der Waals surface area contributed by atoms with E-state index in [1.165, 1.54) is 67.4 Å². The van der Waals surface area contributed by atoms with Crippen LogP contribution < -0.4 is 4.74 Å². The van der Waals surface area contributed by atoms with E-state index in [1.54, 1.807) is 0 Å². The molecule has 5 rings (SSSR count). The molecule has 0 aromatic heterocycles. The fraction of sp³-hybridized carbons (Fsp3) is 0.538. The van der Waals surface area contributed by atoms with Gasteiger partial charge in [0, 0.05) is 38.4 Å². The second-order valence-corrected chi connectivity index (χ2v) is 9.30. The van der Waals surface area contributed by atoms with Gasteiger partial charge >= 0.3 is 0 Å². The average molecular weight is 376 g/mol. The summed E-state index contributed by atoms with van der Waals surface area (Å²) in [6.45, 7) is 7.04. The van der Waals surface area contributed by atoms with Crippen LogP contribution in [0.2, 0.25) is 0 Å². The topological polar surface area (TPSA) is 12.5 Å². The number of hydrogen-bond donors (Lipinski definition) is 0. The van der Waals surface area contributed by atoms with Crippen molar-refractivity contribution in [3.63, 3.8) is 0 Å². The molecule has 1 unspecified atom stereocenters. The number of nitrogens with zero attached hydrogens (tertiary/aromatic N) is 1. The molecule has 1 spiro atoms. The van der Waals surface area contributed by atoms with E-state index in [-0.39, 0.29) is 5.60 Å². The summed E-state index contributed by atoms with van der Waals surface area (Å²) in [5, 5.41) is 0. The van der Waals surface area contributed by atoms with Crippen LogP contribution >= 0.6 is 0 Å². The highest BCUT2D eigenvalue weighted by Gasteiger charge is 2.43. The molecule has 2 heteroatoms. The Morgan fingerprint density at radius 1 is 1.04 bits per heavy atom. The summed E-state index contributed by atoms with van der Waals surface area (Å²) in [5.41, 5.74) is 5.47. The van der Waals surface area contributed by atoms with Crippen LogP contribution in [0.1, 0.15) is 57.1 Å². The normalized spacial score (nSPS) is 22.5. The first kappa shape index (κ1) is 18.2. The summed E-state index contributed by atoms with van der Waals surface area (Å²) in [6.07, 6.45) is 8.82. The predicted molar refractivity (Wildman–Crippen MR) is 116 cm³/mol. The lowest BCUT2D eigenvalue weighted by Crippen LogP contribution is -2.52. The van der Waals surface area contributed by atoms with Crippen molar-refractivity contribution in [2.45, 2.75) is 70.4 Å². The summed E-state index contributed by atoms with van der Waals surface area (Å²) >= 11 is 0. The summed E-state index contributed by atoms with van der Waals surface area (Å²) in [6, 6.07) is 16.6. The molecule has 0 radical (unpaired) electrons. The Kier molecular flexibility index (Phi) is 4.71. The molecule has 2 heterocycles. The van der Waals surface area contributed by atoms with Crippen LogP contribution in [0.25, 0.3) is 11.1 Å². The van der Waals surface area contributed by atoms with Gasteiger partial charge in [-0.3, -0.25) is 0 Å². The van der Waals surface area contributed by atoms with Crippen LogP contribution in [0.15, 0.2) is 42.5 Å². The molecule has 1 saturated heterocycles. The highest BCUT2D eigenvalue weighted by molar-refractivity contribution is 5.66. The number of aryl methyl sites for hydroxylation is 1. The monoisotopic (exact) mass is 375 g/mol. The van der Waals surface area contributed by atoms with Gasteiger partial charge in [-0.25, -0.2) is 0 Å². The van der Waals surface area contributed by atoms with Crippen molar-refractivity contribution in [2.24, 2.45) is 5.92 Å². The van der Waals surface area contributed by atoms with Crippen molar-refractivity contribution >= 4 is 0 Å². The molecule has 0 amide bonds. The molecule has 28 heavy (non-hydrogen) atoms. The molecule has 2 aliphatic heterocycles. The van der Waals surface area contributed by atoms with Gasteiger partial charge in [0.25, 0.3) is 0 Å². The fourth-order valence-electron chi connectivity index (χ4n) is 5.38. The van der Waals surface area contributed by atoms with Gasteiger partial charge in [0.15, 0.2) is 0 Å². The van der Waals surface area contributed by atoms with E-state index in [2.05, 4.69) is 61.2 Å². The summed E-state index contributed by atoms with van der Waals surface area (Å²) < 4.78 is 6.56. The van der Waals surface area contributed by atoms with Gasteiger partial charge in [-0.2, -0.15) is 0 Å². The molecule has 1 aliphatic carbocycles. The molecule has 2 aromatic rings. The minimum absolute atomic E-state index is 0.0445. The Morgan fingerprint density at radius 3 is 2.39 bits per heavy atom. The molecule has 0 N–H and O–H groups in total. The maximum absolute atomic E-state index is 6.56. The van der Waals surface area contributed by atoms with E-state index >= 15 is 0 Å². The van der Waals surface area contributed by atoms with E-state index in [4.69, 9.17) is 4.74 Å². The maximum Gasteiger partial charge on any atom is 0.123 e. The van der Waals surface area contributed by atoms with E-state index in [0.29, 0.717) is 0 Å². The van der Waals surface area contributed by atoms with Crippen LogP contribution in [0.3, 0.4) is 0 Å². The first-order valence-corrected chi connectivity index (χ1v) is 11.3. The van der Waals surface area contributed by atoms with Crippen molar-refractivity contribution in [3.05, 3.63) is 53.6 Å². The molecular weight excluding hydrogens is 342 g/mol. The summed E-state index contributed by atoms with van der Waals surface area (Å²) in [7, 11) is 0. The molecule has 2 nitrogen and oxygen atoms in total. The molecule has 2 aromatic carbocycles. The highest BCUT2D eigenvalue weighted by Crippen LogP contribution is 2.43. The zero-order chi connectivity index (χ0) is 19.1. The standard InChI is InChI=1S/C26H33NO/c1-3-20-7-9-22(10-8-20)23-11-12-25-24(17-23)18-26(28-25)13-15-27(16-14-26)19(2)21-5-4-6-21/h7-12,17,19,21H,3-6,13-16,18H2,1-2H3. The average Bonchev–Trinajstić information content (AvgIpc) is 3.04. The van der Waals surface area contributed by atoms with Crippen LogP contribution in [0.5, 0.6) is 5.75 Å². The Balaban J connectivity index is 1.28. The lowest BCUT2D eigenvalue weighted by atomic mass is 9.78. The van der Waals surface area contributed by atoms with Crippen molar-refractivity contribution in [1.82, 2.24) is 4.90 Å². The SMILES string of the molecule is CCc1ccc(-c2ccc3c(c2)CC2(CCN(C(C)C4CCC4)CC2)O3)cc1. The van der Waals surface area contributed by atoms with Gasteiger partial charge < -0.3 is 9.64 Å². The molecular formula is C26H33NO. The summed E-state index contributed by atoms with van der Waals surface area (Å²) in [5.74, 6) is 2.06. The van der Waals surface area contributed by atoms with Crippen molar-refractivity contribution < 1.29 is 4.74 Å². The molecule has 0 bridgehead atoms. The second kappa shape index (κ2) is 7.22. The number of ether oxygens (including phenoxy) is 1. The second-order valence-electron chi connectivity index (χ2n) is 9.30. The van der Waals surface area contributed by atoms with Crippen LogP contribution in [-0.2, 0) is 12.8 Å². The van der Waals surface area contributed by atoms with Gasteiger partial charge in [0.1, 0.15) is 11.4 Å². The van der Waals surface area contributed by atoms with Gasteiger partial charge in [-0.15, -0.1) is 0 Å². The summed E-state index contributed by atoms with van der Waals surface area (Å²) in [4.78, 5) is 2.72. The van der Waals surface area contributed by atoms with E-state index in [1.807, 2.05) is 0 Å². The van der Waals surface area contributed by atoms with Crippen LogP contribution in [-0.4, -0.2) is 29.6 Å². The van der Waals surface area contributed by atoms with E-state index < -0.39 is 0 Å². The van der Waals surface area contributed by atoms with Crippen LogP contribution in [0.4, 0.5) is 0 Å². The maximum atomic E-state index is 6.56. The Morgan fingerprint density at radius 2 is 1.75 bits per heavy atom. The lowest BCUT2D eigenvalue weighted by molar-refractivity contribution is -0.00849. The number of benzene rings is 2. The van der Waals surface area contributed by atoms with Gasteiger partial charge in [-0.1, -0.05) is 43.7 Å². The molecule has 148 valence electrons. The van der Waals surface area contributed by atoms with Crippen molar-refractivity contribution in [2.75, 3.05) is 13.1 Å². The van der Waals surface area contributed by atoms with Crippen LogP contribution in [0, 0.1) is 5.92 Å². The smallest absolute Gasteiger partial charge is 0.123 e. The third-order valence-corrected chi connectivity index (χ3v) is 7.71. The lowest BCUT2D eigenvalue weighted by Gasteiger charge is -2.45. The van der Waals surface area contributed by atoms with E-state index in [9.17, 15) is 0 Å². The molecule has 3 aliphatic rings. The first-order chi connectivity index (χ1) is 13.7. The molecule has 1 atom stereocenters. The predicted octanol–water partition coefficient (Wildman–Crippen LogP) is 5.87. The zero-order valence-corrected chi connectivity index (χ0v) is 17.4. The number of piperidine rings is 1. The molecule has 1 saturated carbocycles. The third-order valence-electron chi connectivity index (χ3n) is 7.71. The quantitative estimate of drug-likeness (QED) is 0.662. The van der Waals surface area contributed by atoms with Gasteiger partial charge in [0.2, 0.25) is 0 Å². The zero-order valence-electron chi connectivity index (χ0n) is 17.4. The number of fused-ring (bicyclic) bond motifs is 1. The number of likely N-dealkylation sites (tertiary alicyclic amines) is 1. The number of hydrogen-bond acceptors (Lipinski definition) is 2. The molecule has 2 fully saturated rings. The Labute approximate surface area is 169 Å². The van der Waals surface area contributed by atoms with E-state index in [0.717, 1.165) is 30.6 Å². The van der Waals surface area contributed by atoms with Gasteiger partial charge in [-0.05, 0) is 66.5 Å². The highest BCUT2D eigenvalue weighted by atomic mass is 16.5. The minimum atomic E-state index is 0.0445. The first-order valence-electron chi connectivity index (χ1n) is 11.3. The van der Waals surface area contributed by atoms with Crippen molar-refractivity contribution in [1.29, 1.82) is 0 Å². The van der Waals surface area contributed by atoms with Crippen molar-refractivity contribution in [3.8, 4) is 16.9 Å². The third kappa shape index (κ3) is 3.26. The Hall–Kier alpha value is -1.80. The largest absolute Gasteiger partial charge is 0.487 e.